The van der Waals surface area contributed by atoms with Gasteiger partial charge in [-0.1, -0.05) is 23.2 Å². The van der Waals surface area contributed by atoms with E-state index in [9.17, 15) is 9.18 Å². The van der Waals surface area contributed by atoms with Crippen molar-refractivity contribution in [1.82, 2.24) is 0 Å². The Morgan fingerprint density at radius 3 is 2.64 bits per heavy atom. The zero-order chi connectivity index (χ0) is 17.8. The van der Waals surface area contributed by atoms with Crippen LogP contribution in [0.1, 0.15) is 12.8 Å². The Morgan fingerprint density at radius 2 is 1.92 bits per heavy atom. The van der Waals surface area contributed by atoms with Crippen molar-refractivity contribution in [3.05, 3.63) is 52.3 Å². The minimum atomic E-state index is -0.403. The molecule has 0 bridgehead atoms. The summed E-state index contributed by atoms with van der Waals surface area (Å²) in [6.45, 7) is 1.55. The quantitative estimate of drug-likeness (QED) is 0.810. The fourth-order valence-electron chi connectivity index (χ4n) is 2.76. The molecule has 3 rings (SSSR count). The van der Waals surface area contributed by atoms with Crippen LogP contribution < -0.4 is 15.0 Å². The lowest BCUT2D eigenvalue weighted by molar-refractivity contribution is -0.118. The summed E-state index contributed by atoms with van der Waals surface area (Å²) in [6, 6.07) is 9.16. The van der Waals surface area contributed by atoms with Crippen LogP contribution in [0.25, 0.3) is 0 Å². The number of hydrogen-bond donors (Lipinski definition) is 1. The first-order valence-corrected chi connectivity index (χ1v) is 8.71. The number of carbonyl (C=O) groups is 1. The van der Waals surface area contributed by atoms with Crippen LogP contribution in [0.2, 0.25) is 10.0 Å². The number of amides is 1. The van der Waals surface area contributed by atoms with Gasteiger partial charge in [-0.3, -0.25) is 4.79 Å². The van der Waals surface area contributed by atoms with Gasteiger partial charge in [0.1, 0.15) is 11.6 Å². The maximum Gasteiger partial charge on any atom is 0.262 e. The molecule has 1 aliphatic rings. The highest BCUT2D eigenvalue weighted by Gasteiger charge is 2.18. The van der Waals surface area contributed by atoms with E-state index in [1.54, 1.807) is 18.2 Å². The molecule has 1 amide bonds. The van der Waals surface area contributed by atoms with Crippen LogP contribution in [0.15, 0.2) is 36.4 Å². The van der Waals surface area contributed by atoms with Crippen LogP contribution in [0, 0.1) is 5.82 Å². The van der Waals surface area contributed by atoms with Crippen molar-refractivity contribution < 1.29 is 13.9 Å². The molecule has 0 aliphatic carbocycles. The summed E-state index contributed by atoms with van der Waals surface area (Å²) in [5.74, 6) is -0.433. The number of carbonyl (C=O) groups excluding carboxylic acids is 1. The zero-order valence-corrected chi connectivity index (χ0v) is 14.9. The molecule has 2 aromatic rings. The lowest BCUT2D eigenvalue weighted by atomic mass is 10.2. The van der Waals surface area contributed by atoms with Gasteiger partial charge in [-0.15, -0.1) is 0 Å². The maximum absolute atomic E-state index is 13.6. The Kier molecular flexibility index (Phi) is 5.66. The smallest absolute Gasteiger partial charge is 0.262 e. The van der Waals surface area contributed by atoms with Gasteiger partial charge in [0.05, 0.1) is 16.4 Å². The molecule has 25 heavy (non-hydrogen) atoms. The molecule has 1 heterocycles. The van der Waals surface area contributed by atoms with Crippen molar-refractivity contribution in [1.29, 1.82) is 0 Å². The Hall–Kier alpha value is -1.98. The van der Waals surface area contributed by atoms with E-state index in [0.717, 1.165) is 31.6 Å². The summed E-state index contributed by atoms with van der Waals surface area (Å²) < 4.78 is 19.0. The molecule has 1 aliphatic heterocycles. The SMILES string of the molecule is O=C(COc1ccc(Cl)cc1Cl)Nc1cc(F)ccc1N1CCCC1. The highest BCUT2D eigenvalue weighted by Crippen LogP contribution is 2.30. The third kappa shape index (κ3) is 4.55. The predicted octanol–water partition coefficient (Wildman–Crippen LogP) is 4.75. The van der Waals surface area contributed by atoms with Crippen molar-refractivity contribution >= 4 is 40.5 Å². The predicted molar refractivity (Wildman–Crippen MR) is 98.4 cm³/mol. The molecule has 7 heteroatoms. The largest absolute Gasteiger partial charge is 0.482 e. The maximum atomic E-state index is 13.6. The molecule has 0 unspecified atom stereocenters. The topological polar surface area (TPSA) is 41.6 Å². The summed E-state index contributed by atoms with van der Waals surface area (Å²) in [6.07, 6.45) is 2.17. The Morgan fingerprint density at radius 1 is 1.16 bits per heavy atom. The van der Waals surface area contributed by atoms with E-state index in [0.29, 0.717) is 21.5 Å². The van der Waals surface area contributed by atoms with E-state index in [1.165, 1.54) is 18.2 Å². The number of rotatable bonds is 5. The number of anilines is 2. The molecule has 0 atom stereocenters. The first-order valence-electron chi connectivity index (χ1n) is 7.95. The number of benzene rings is 2. The number of ether oxygens (including phenoxy) is 1. The first-order chi connectivity index (χ1) is 12.0. The van der Waals surface area contributed by atoms with Gasteiger partial charge >= 0.3 is 0 Å². The highest BCUT2D eigenvalue weighted by molar-refractivity contribution is 6.35. The van der Waals surface area contributed by atoms with E-state index in [4.69, 9.17) is 27.9 Å². The molecule has 0 aromatic heterocycles. The van der Waals surface area contributed by atoms with Crippen molar-refractivity contribution in [2.45, 2.75) is 12.8 Å². The lowest BCUT2D eigenvalue weighted by Crippen LogP contribution is -2.24. The molecule has 0 radical (unpaired) electrons. The summed E-state index contributed by atoms with van der Waals surface area (Å²) in [5, 5.41) is 3.52. The highest BCUT2D eigenvalue weighted by atomic mass is 35.5. The number of nitrogens with zero attached hydrogens (tertiary/aromatic N) is 1. The standard InChI is InChI=1S/C18H17Cl2FN2O2/c19-12-3-6-17(14(20)9-12)25-11-18(24)22-15-10-13(21)4-5-16(15)23-7-1-2-8-23/h3-6,9-10H,1-2,7-8,11H2,(H,22,24). The van der Waals surface area contributed by atoms with Gasteiger partial charge in [-0.05, 0) is 49.2 Å². The van der Waals surface area contributed by atoms with Crippen molar-refractivity contribution in [2.75, 3.05) is 29.9 Å². The van der Waals surface area contributed by atoms with Crippen molar-refractivity contribution in [2.24, 2.45) is 0 Å². The minimum Gasteiger partial charge on any atom is -0.482 e. The molecular formula is C18H17Cl2FN2O2. The molecule has 1 fully saturated rings. The van der Waals surface area contributed by atoms with Crippen LogP contribution >= 0.6 is 23.2 Å². The van der Waals surface area contributed by atoms with Crippen molar-refractivity contribution in [3.63, 3.8) is 0 Å². The van der Waals surface area contributed by atoms with E-state index < -0.39 is 11.7 Å². The molecular weight excluding hydrogens is 366 g/mol. The average molecular weight is 383 g/mol. The van der Waals surface area contributed by atoms with Gasteiger partial charge in [0, 0.05) is 18.1 Å². The fourth-order valence-corrected chi connectivity index (χ4v) is 3.23. The summed E-state index contributed by atoms with van der Waals surface area (Å²) in [7, 11) is 0. The Bertz CT molecular complexity index is 780. The Balaban J connectivity index is 1.67. The summed E-state index contributed by atoms with van der Waals surface area (Å²) >= 11 is 11.8. The van der Waals surface area contributed by atoms with E-state index in [1.807, 2.05) is 0 Å². The zero-order valence-electron chi connectivity index (χ0n) is 13.4. The third-order valence-electron chi connectivity index (χ3n) is 3.93. The molecule has 1 saturated heterocycles. The number of hydrogen-bond acceptors (Lipinski definition) is 3. The van der Waals surface area contributed by atoms with Gasteiger partial charge in [0.2, 0.25) is 0 Å². The van der Waals surface area contributed by atoms with Gasteiger partial charge < -0.3 is 15.0 Å². The van der Waals surface area contributed by atoms with Crippen LogP contribution in [0.5, 0.6) is 5.75 Å². The molecule has 2 aromatic carbocycles. The third-order valence-corrected chi connectivity index (χ3v) is 4.46. The van der Waals surface area contributed by atoms with Gasteiger partial charge in [-0.2, -0.15) is 0 Å². The van der Waals surface area contributed by atoms with Crippen molar-refractivity contribution in [3.8, 4) is 5.75 Å². The molecule has 132 valence electrons. The van der Waals surface area contributed by atoms with Gasteiger partial charge in [-0.25, -0.2) is 4.39 Å². The molecule has 0 saturated carbocycles. The minimum absolute atomic E-state index is 0.239. The van der Waals surface area contributed by atoms with Gasteiger partial charge in [0.25, 0.3) is 5.91 Å². The summed E-state index contributed by atoms with van der Waals surface area (Å²) in [5.41, 5.74) is 1.26. The first kappa shape index (κ1) is 17.8. The molecule has 0 spiro atoms. The summed E-state index contributed by atoms with van der Waals surface area (Å²) in [4.78, 5) is 14.3. The molecule has 1 N–H and O–H groups in total. The van der Waals surface area contributed by atoms with Crippen LogP contribution in [-0.2, 0) is 4.79 Å². The van der Waals surface area contributed by atoms with Crippen LogP contribution in [0.4, 0.5) is 15.8 Å². The molecule has 4 nitrogen and oxygen atoms in total. The average Bonchev–Trinajstić information content (AvgIpc) is 3.08. The van der Waals surface area contributed by atoms with Crippen LogP contribution in [-0.4, -0.2) is 25.6 Å². The second-order valence-corrected chi connectivity index (χ2v) is 6.61. The number of nitrogens with one attached hydrogen (secondary N) is 1. The van der Waals surface area contributed by atoms with E-state index >= 15 is 0 Å². The van der Waals surface area contributed by atoms with Crippen LogP contribution in [0.3, 0.4) is 0 Å². The monoisotopic (exact) mass is 382 g/mol. The number of halogens is 3. The lowest BCUT2D eigenvalue weighted by Gasteiger charge is -2.21. The second-order valence-electron chi connectivity index (χ2n) is 5.77. The normalized spacial score (nSPS) is 13.8. The fraction of sp³-hybridized carbons (Fsp3) is 0.278. The van der Waals surface area contributed by atoms with Gasteiger partial charge in [0.15, 0.2) is 6.61 Å². The Labute approximate surface area is 155 Å². The van der Waals surface area contributed by atoms with E-state index in [2.05, 4.69) is 10.2 Å². The van der Waals surface area contributed by atoms with E-state index in [-0.39, 0.29) is 6.61 Å². The second kappa shape index (κ2) is 7.93.